The van der Waals surface area contributed by atoms with Gasteiger partial charge in [0.25, 0.3) is 5.69 Å². The molecule has 0 N–H and O–H groups in total. The van der Waals surface area contributed by atoms with Gasteiger partial charge >= 0.3 is 5.97 Å². The summed E-state index contributed by atoms with van der Waals surface area (Å²) >= 11 is 3.61. The summed E-state index contributed by atoms with van der Waals surface area (Å²) in [4.78, 5) is 22.3. The molecule has 0 atom stereocenters. The van der Waals surface area contributed by atoms with Crippen molar-refractivity contribution in [2.75, 3.05) is 18.1 Å². The zero-order valence-electron chi connectivity index (χ0n) is 11.0. The Morgan fingerprint density at radius 1 is 1.45 bits per heavy atom. The first-order valence-corrected chi connectivity index (χ1v) is 8.42. The van der Waals surface area contributed by atoms with E-state index in [1.54, 1.807) is 42.6 Å². The van der Waals surface area contributed by atoms with Gasteiger partial charge in [-0.1, -0.05) is 6.07 Å². The normalized spacial score (nSPS) is 15.8. The predicted molar refractivity (Wildman–Crippen MR) is 81.3 cm³/mol. The summed E-state index contributed by atoms with van der Waals surface area (Å²) < 4.78 is 5.14. The van der Waals surface area contributed by atoms with E-state index >= 15 is 0 Å². The van der Waals surface area contributed by atoms with E-state index in [0.29, 0.717) is 0 Å². The lowest BCUT2D eigenvalue weighted by molar-refractivity contribution is -0.385. The molecule has 0 unspecified atom stereocenters. The first kappa shape index (κ1) is 15.2. The maximum Gasteiger partial charge on any atom is 0.345 e. The number of esters is 1. The smallest absolute Gasteiger partial charge is 0.345 e. The van der Waals surface area contributed by atoms with Gasteiger partial charge in [0.2, 0.25) is 0 Å². The lowest BCUT2D eigenvalue weighted by Gasteiger charge is -2.21. The standard InChI is InChI=1S/C13H15NO4S2/c1-2-18-12(15)10-8-9(4-5-11(10)14(16)17)13-19-6-3-7-20-13/h4-5,8,13H,2-3,6-7H2,1H3. The molecule has 5 nitrogen and oxygen atoms in total. The van der Waals surface area contributed by atoms with E-state index in [0.717, 1.165) is 17.1 Å². The largest absolute Gasteiger partial charge is 0.462 e. The van der Waals surface area contributed by atoms with E-state index in [9.17, 15) is 14.9 Å². The highest BCUT2D eigenvalue weighted by atomic mass is 32.2. The van der Waals surface area contributed by atoms with Gasteiger partial charge in [-0.05, 0) is 36.5 Å². The fourth-order valence-corrected chi connectivity index (χ4v) is 4.79. The quantitative estimate of drug-likeness (QED) is 0.480. The maximum absolute atomic E-state index is 11.9. The van der Waals surface area contributed by atoms with Crippen molar-refractivity contribution in [2.45, 2.75) is 17.9 Å². The number of carbonyl (C=O) groups is 1. The Labute approximate surface area is 125 Å². The summed E-state index contributed by atoms with van der Waals surface area (Å²) in [7, 11) is 0. The molecule has 1 saturated heterocycles. The molecule has 1 aliphatic rings. The van der Waals surface area contributed by atoms with Crippen LogP contribution in [0.3, 0.4) is 0 Å². The Bertz CT molecular complexity index is 515. The molecule has 1 aromatic carbocycles. The summed E-state index contributed by atoms with van der Waals surface area (Å²) in [5, 5.41) is 11.0. The number of thioether (sulfide) groups is 2. The van der Waals surface area contributed by atoms with Gasteiger partial charge in [0, 0.05) is 6.07 Å². The van der Waals surface area contributed by atoms with Crippen LogP contribution in [-0.4, -0.2) is 29.0 Å². The number of nitro groups is 1. The molecule has 1 heterocycles. The molecule has 0 saturated carbocycles. The molecule has 20 heavy (non-hydrogen) atoms. The number of carbonyl (C=O) groups excluding carboxylic acids is 1. The summed E-state index contributed by atoms with van der Waals surface area (Å²) in [6.07, 6.45) is 1.17. The molecule has 1 aliphatic heterocycles. The average molecular weight is 313 g/mol. The van der Waals surface area contributed by atoms with Gasteiger partial charge in [0.15, 0.2) is 0 Å². The topological polar surface area (TPSA) is 69.4 Å². The van der Waals surface area contributed by atoms with Crippen molar-refractivity contribution in [3.63, 3.8) is 0 Å². The van der Waals surface area contributed by atoms with E-state index < -0.39 is 10.9 Å². The van der Waals surface area contributed by atoms with Gasteiger partial charge < -0.3 is 4.74 Å². The zero-order valence-corrected chi connectivity index (χ0v) is 12.7. The van der Waals surface area contributed by atoms with Crippen molar-refractivity contribution in [1.82, 2.24) is 0 Å². The summed E-state index contributed by atoms with van der Waals surface area (Å²) in [5.74, 6) is 1.51. The molecule has 0 radical (unpaired) electrons. The molecule has 0 aromatic heterocycles. The maximum atomic E-state index is 11.9. The van der Waals surface area contributed by atoms with Gasteiger partial charge in [-0.3, -0.25) is 10.1 Å². The van der Waals surface area contributed by atoms with Crippen LogP contribution in [0, 0.1) is 10.1 Å². The Kier molecular flexibility index (Phi) is 5.31. The van der Waals surface area contributed by atoms with Crippen molar-refractivity contribution >= 4 is 35.2 Å². The average Bonchev–Trinajstić information content (AvgIpc) is 2.47. The SMILES string of the molecule is CCOC(=O)c1cc(C2SCCCS2)ccc1[N+](=O)[O-]. The van der Waals surface area contributed by atoms with E-state index in [-0.39, 0.29) is 22.4 Å². The third-order valence-corrected chi connectivity index (χ3v) is 5.83. The van der Waals surface area contributed by atoms with Crippen molar-refractivity contribution in [1.29, 1.82) is 0 Å². The van der Waals surface area contributed by atoms with Gasteiger partial charge in [-0.15, -0.1) is 23.5 Å². The molecule has 2 rings (SSSR count). The minimum atomic E-state index is -0.633. The van der Waals surface area contributed by atoms with E-state index in [4.69, 9.17) is 4.74 Å². The van der Waals surface area contributed by atoms with Crippen molar-refractivity contribution in [2.24, 2.45) is 0 Å². The van der Waals surface area contributed by atoms with Crippen LogP contribution in [0.1, 0.15) is 33.8 Å². The molecule has 0 bridgehead atoms. The van der Waals surface area contributed by atoms with E-state index in [1.165, 1.54) is 12.5 Å². The molecule has 0 amide bonds. The zero-order chi connectivity index (χ0) is 14.5. The second-order valence-corrected chi connectivity index (χ2v) is 6.91. The van der Waals surface area contributed by atoms with Crippen molar-refractivity contribution in [3.8, 4) is 0 Å². The minimum Gasteiger partial charge on any atom is -0.462 e. The molecular formula is C13H15NO4S2. The fraction of sp³-hybridized carbons (Fsp3) is 0.462. The number of nitro benzene ring substituents is 1. The van der Waals surface area contributed by atoms with Crippen LogP contribution < -0.4 is 0 Å². The molecule has 0 aliphatic carbocycles. The molecule has 1 aromatic rings. The van der Waals surface area contributed by atoms with Gasteiger partial charge in [0.1, 0.15) is 5.56 Å². The van der Waals surface area contributed by atoms with Crippen LogP contribution in [0.25, 0.3) is 0 Å². The van der Waals surface area contributed by atoms with Crippen LogP contribution in [0.5, 0.6) is 0 Å². The number of nitrogens with zero attached hydrogens (tertiary/aromatic N) is 1. The molecule has 7 heteroatoms. The van der Waals surface area contributed by atoms with E-state index in [2.05, 4.69) is 0 Å². The van der Waals surface area contributed by atoms with Crippen molar-refractivity contribution < 1.29 is 14.5 Å². The van der Waals surface area contributed by atoms with Crippen LogP contribution in [0.4, 0.5) is 5.69 Å². The summed E-state index contributed by atoms with van der Waals surface area (Å²) in [6, 6.07) is 4.74. The second kappa shape index (κ2) is 6.99. The van der Waals surface area contributed by atoms with Gasteiger partial charge in [0.05, 0.1) is 16.1 Å². The molecular weight excluding hydrogens is 298 g/mol. The predicted octanol–water partition coefficient (Wildman–Crippen LogP) is 3.64. The van der Waals surface area contributed by atoms with Crippen LogP contribution in [-0.2, 0) is 4.74 Å². The number of hydrogen-bond donors (Lipinski definition) is 0. The Morgan fingerprint density at radius 2 is 2.15 bits per heavy atom. The van der Waals surface area contributed by atoms with Crippen LogP contribution >= 0.6 is 23.5 Å². The Morgan fingerprint density at radius 3 is 2.75 bits per heavy atom. The minimum absolute atomic E-state index is 0.0427. The van der Waals surface area contributed by atoms with Gasteiger partial charge in [-0.25, -0.2) is 4.79 Å². The Hall–Kier alpha value is -1.21. The van der Waals surface area contributed by atoms with E-state index in [1.807, 2.05) is 0 Å². The number of hydrogen-bond acceptors (Lipinski definition) is 6. The van der Waals surface area contributed by atoms with Crippen LogP contribution in [0.15, 0.2) is 18.2 Å². The number of ether oxygens (including phenoxy) is 1. The molecule has 1 fully saturated rings. The highest BCUT2D eigenvalue weighted by Crippen LogP contribution is 2.44. The Balaban J connectivity index is 2.34. The fourth-order valence-electron chi connectivity index (χ4n) is 1.91. The van der Waals surface area contributed by atoms with Crippen molar-refractivity contribution in [3.05, 3.63) is 39.4 Å². The second-order valence-electron chi connectivity index (χ2n) is 4.18. The summed E-state index contributed by atoms with van der Waals surface area (Å²) in [5.41, 5.74) is 0.785. The molecule has 108 valence electrons. The first-order valence-electron chi connectivity index (χ1n) is 6.32. The highest BCUT2D eigenvalue weighted by molar-refractivity contribution is 8.16. The summed E-state index contributed by atoms with van der Waals surface area (Å²) in [6.45, 7) is 1.88. The third-order valence-electron chi connectivity index (χ3n) is 2.81. The molecule has 0 spiro atoms. The highest BCUT2D eigenvalue weighted by Gasteiger charge is 2.25. The lowest BCUT2D eigenvalue weighted by atomic mass is 10.1. The lowest BCUT2D eigenvalue weighted by Crippen LogP contribution is -2.09. The number of rotatable bonds is 4. The monoisotopic (exact) mass is 313 g/mol. The third kappa shape index (κ3) is 3.46. The number of benzene rings is 1. The first-order chi connectivity index (χ1) is 9.63. The van der Waals surface area contributed by atoms with Crippen LogP contribution in [0.2, 0.25) is 0 Å². The van der Waals surface area contributed by atoms with Gasteiger partial charge in [-0.2, -0.15) is 0 Å².